The van der Waals surface area contributed by atoms with E-state index in [1.807, 2.05) is 4.90 Å². The second-order valence-corrected chi connectivity index (χ2v) is 6.71. The Morgan fingerprint density at radius 1 is 1.16 bits per heavy atom. The number of hydrogen-bond donors (Lipinski definition) is 1. The summed E-state index contributed by atoms with van der Waals surface area (Å²) < 4.78 is 5.42. The predicted octanol–water partition coefficient (Wildman–Crippen LogP) is 1.53. The zero-order valence-corrected chi connectivity index (χ0v) is 15.4. The summed E-state index contributed by atoms with van der Waals surface area (Å²) in [6.45, 7) is 9.50. The fraction of sp³-hybridized carbons (Fsp3) is 0.722. The van der Waals surface area contributed by atoms with Gasteiger partial charge in [0, 0.05) is 44.8 Å². The number of aromatic nitrogens is 2. The fourth-order valence-electron chi connectivity index (χ4n) is 3.36. The molecule has 1 aromatic rings. The Kier molecular flexibility index (Phi) is 6.07. The van der Waals surface area contributed by atoms with Crippen molar-refractivity contribution in [2.45, 2.75) is 39.5 Å². The molecule has 1 aromatic heterocycles. The van der Waals surface area contributed by atoms with Crippen molar-refractivity contribution in [2.24, 2.45) is 0 Å². The maximum atomic E-state index is 12.3. The molecule has 0 unspecified atom stereocenters. The first-order chi connectivity index (χ1) is 12.2. The lowest BCUT2D eigenvalue weighted by atomic mass is 10.1. The first kappa shape index (κ1) is 17.9. The molecule has 0 spiro atoms. The van der Waals surface area contributed by atoms with Crippen molar-refractivity contribution in [3.63, 3.8) is 0 Å². The van der Waals surface area contributed by atoms with Crippen LogP contribution < -0.4 is 10.2 Å². The smallest absolute Gasteiger partial charge is 0.317 e. The van der Waals surface area contributed by atoms with E-state index in [-0.39, 0.29) is 6.03 Å². The number of nitrogens with zero attached hydrogens (tertiary/aromatic N) is 4. The maximum Gasteiger partial charge on any atom is 0.317 e. The molecule has 3 rings (SSSR count). The molecule has 25 heavy (non-hydrogen) atoms. The summed E-state index contributed by atoms with van der Waals surface area (Å²) in [5.41, 5.74) is 3.35. The third-order valence-electron chi connectivity index (χ3n) is 4.93. The number of ether oxygens (including phenoxy) is 1. The molecule has 2 aliphatic rings. The highest BCUT2D eigenvalue weighted by Gasteiger charge is 2.23. The van der Waals surface area contributed by atoms with E-state index in [0.29, 0.717) is 6.54 Å². The molecule has 138 valence electrons. The topological polar surface area (TPSA) is 70.6 Å². The molecule has 0 bridgehead atoms. The van der Waals surface area contributed by atoms with Crippen LogP contribution in [0.3, 0.4) is 0 Å². The highest BCUT2D eigenvalue weighted by Crippen LogP contribution is 2.21. The molecule has 0 radical (unpaired) electrons. The minimum Gasteiger partial charge on any atom is -0.378 e. The largest absolute Gasteiger partial charge is 0.378 e. The molecule has 1 saturated heterocycles. The van der Waals surface area contributed by atoms with E-state index >= 15 is 0 Å². The number of aryl methyl sites for hydroxylation is 1. The average Bonchev–Trinajstić information content (AvgIpc) is 2.85. The Morgan fingerprint density at radius 3 is 2.68 bits per heavy atom. The molecule has 7 heteroatoms. The third kappa shape index (κ3) is 4.39. The summed E-state index contributed by atoms with van der Waals surface area (Å²) in [6, 6.07) is 0.0419. The van der Waals surface area contributed by atoms with Crippen LogP contribution in [0.2, 0.25) is 0 Å². The first-order valence-corrected chi connectivity index (χ1v) is 9.41. The van der Waals surface area contributed by atoms with Crippen molar-refractivity contribution < 1.29 is 9.53 Å². The number of hydrogen-bond acceptors (Lipinski definition) is 5. The van der Waals surface area contributed by atoms with Gasteiger partial charge in [-0.05, 0) is 25.3 Å². The lowest BCUT2D eigenvalue weighted by molar-refractivity contribution is 0.122. The van der Waals surface area contributed by atoms with E-state index in [0.717, 1.165) is 82.4 Å². The second kappa shape index (κ2) is 8.47. The summed E-state index contributed by atoms with van der Waals surface area (Å²) >= 11 is 0. The van der Waals surface area contributed by atoms with Crippen molar-refractivity contribution in [2.75, 3.05) is 50.8 Å². The van der Waals surface area contributed by atoms with Gasteiger partial charge in [-0.2, -0.15) is 0 Å². The monoisotopic (exact) mass is 347 g/mol. The van der Waals surface area contributed by atoms with E-state index in [9.17, 15) is 4.79 Å². The normalized spacial score (nSPS) is 17.8. The maximum absolute atomic E-state index is 12.3. The standard InChI is InChI=1S/C18H29N5O2/c1-3-4-7-19-18(24)23-8-5-15-14(2)20-17(21-16(15)6-9-23)22-10-12-25-13-11-22/h3-13H2,1-2H3,(H,19,24). The summed E-state index contributed by atoms with van der Waals surface area (Å²) in [6.07, 6.45) is 3.72. The van der Waals surface area contributed by atoms with Gasteiger partial charge in [0.25, 0.3) is 0 Å². The van der Waals surface area contributed by atoms with Gasteiger partial charge >= 0.3 is 6.03 Å². The van der Waals surface area contributed by atoms with E-state index in [2.05, 4.69) is 24.1 Å². The Bertz CT molecular complexity index is 601. The average molecular weight is 347 g/mol. The van der Waals surface area contributed by atoms with Crippen LogP contribution in [0, 0.1) is 6.92 Å². The van der Waals surface area contributed by atoms with E-state index < -0.39 is 0 Å². The Hall–Kier alpha value is -1.89. The van der Waals surface area contributed by atoms with Crippen LogP contribution in [0.5, 0.6) is 0 Å². The van der Waals surface area contributed by atoms with E-state index in [1.54, 1.807) is 0 Å². The first-order valence-electron chi connectivity index (χ1n) is 9.41. The highest BCUT2D eigenvalue weighted by atomic mass is 16.5. The van der Waals surface area contributed by atoms with Crippen LogP contribution in [-0.4, -0.2) is 66.8 Å². The molecule has 0 aliphatic carbocycles. The number of nitrogens with one attached hydrogen (secondary N) is 1. The number of amides is 2. The Balaban J connectivity index is 1.68. The molecule has 0 atom stereocenters. The Labute approximate surface area is 149 Å². The van der Waals surface area contributed by atoms with Gasteiger partial charge in [-0.15, -0.1) is 0 Å². The van der Waals surface area contributed by atoms with Gasteiger partial charge < -0.3 is 19.9 Å². The zero-order chi connectivity index (χ0) is 17.6. The number of anilines is 1. The van der Waals surface area contributed by atoms with Crippen molar-refractivity contribution in [1.29, 1.82) is 0 Å². The van der Waals surface area contributed by atoms with Crippen LogP contribution in [0.25, 0.3) is 0 Å². The number of urea groups is 1. The van der Waals surface area contributed by atoms with Gasteiger partial charge in [0.05, 0.1) is 18.9 Å². The van der Waals surface area contributed by atoms with Gasteiger partial charge in [-0.25, -0.2) is 14.8 Å². The molecular formula is C18H29N5O2. The number of carbonyl (C=O) groups is 1. The van der Waals surface area contributed by atoms with Gasteiger partial charge in [0.15, 0.2) is 0 Å². The molecule has 1 N–H and O–H groups in total. The van der Waals surface area contributed by atoms with Crippen LogP contribution >= 0.6 is 0 Å². The summed E-state index contributed by atoms with van der Waals surface area (Å²) in [5, 5.41) is 3.01. The van der Waals surface area contributed by atoms with Crippen LogP contribution in [-0.2, 0) is 17.6 Å². The summed E-state index contributed by atoms with van der Waals surface area (Å²) in [5.74, 6) is 0.806. The Morgan fingerprint density at radius 2 is 1.92 bits per heavy atom. The van der Waals surface area contributed by atoms with Crippen molar-refractivity contribution in [1.82, 2.24) is 20.2 Å². The lowest BCUT2D eigenvalue weighted by Crippen LogP contribution is -2.41. The van der Waals surface area contributed by atoms with Gasteiger partial charge in [-0.3, -0.25) is 0 Å². The number of unbranched alkanes of at least 4 members (excludes halogenated alkanes) is 1. The predicted molar refractivity (Wildman–Crippen MR) is 97.1 cm³/mol. The van der Waals surface area contributed by atoms with Crippen LogP contribution in [0.15, 0.2) is 0 Å². The van der Waals surface area contributed by atoms with E-state index in [4.69, 9.17) is 14.7 Å². The van der Waals surface area contributed by atoms with Crippen molar-refractivity contribution >= 4 is 12.0 Å². The fourth-order valence-corrected chi connectivity index (χ4v) is 3.36. The molecule has 1 fully saturated rings. The van der Waals surface area contributed by atoms with Crippen molar-refractivity contribution in [3.8, 4) is 0 Å². The second-order valence-electron chi connectivity index (χ2n) is 6.71. The van der Waals surface area contributed by atoms with Gasteiger partial charge in [0.2, 0.25) is 5.95 Å². The minimum atomic E-state index is 0.0419. The molecule has 0 saturated carbocycles. The number of carbonyl (C=O) groups excluding carboxylic acids is 1. The third-order valence-corrected chi connectivity index (χ3v) is 4.93. The van der Waals surface area contributed by atoms with Gasteiger partial charge in [-0.1, -0.05) is 13.3 Å². The molecule has 0 aromatic carbocycles. The minimum absolute atomic E-state index is 0.0419. The zero-order valence-electron chi connectivity index (χ0n) is 15.4. The van der Waals surface area contributed by atoms with Crippen molar-refractivity contribution in [3.05, 3.63) is 17.0 Å². The SMILES string of the molecule is CCCCNC(=O)N1CCc2nc(N3CCOCC3)nc(C)c2CC1. The number of rotatable bonds is 4. The quantitative estimate of drug-likeness (QED) is 0.837. The highest BCUT2D eigenvalue weighted by molar-refractivity contribution is 5.74. The van der Waals surface area contributed by atoms with Gasteiger partial charge in [0.1, 0.15) is 0 Å². The lowest BCUT2D eigenvalue weighted by Gasteiger charge is -2.27. The van der Waals surface area contributed by atoms with E-state index in [1.165, 1.54) is 5.56 Å². The van der Waals surface area contributed by atoms with Crippen LogP contribution in [0.1, 0.15) is 36.7 Å². The summed E-state index contributed by atoms with van der Waals surface area (Å²) in [4.78, 5) is 26.0. The van der Waals surface area contributed by atoms with Crippen LogP contribution in [0.4, 0.5) is 10.7 Å². The number of fused-ring (bicyclic) bond motifs is 1. The number of morpholine rings is 1. The molecule has 7 nitrogen and oxygen atoms in total. The summed E-state index contributed by atoms with van der Waals surface area (Å²) in [7, 11) is 0. The molecular weight excluding hydrogens is 318 g/mol. The molecule has 3 heterocycles. The molecule has 2 amide bonds. The molecule has 2 aliphatic heterocycles.